The van der Waals surface area contributed by atoms with E-state index in [-0.39, 0.29) is 5.56 Å². The van der Waals surface area contributed by atoms with Gasteiger partial charge in [-0.2, -0.15) is 0 Å². The van der Waals surface area contributed by atoms with Crippen LogP contribution in [0.3, 0.4) is 0 Å². The third-order valence-corrected chi connectivity index (χ3v) is 5.19. The zero-order chi connectivity index (χ0) is 15.4. The summed E-state index contributed by atoms with van der Waals surface area (Å²) in [6, 6.07) is 11.4. The van der Waals surface area contributed by atoms with Crippen molar-refractivity contribution in [3.63, 3.8) is 0 Å². The van der Waals surface area contributed by atoms with E-state index in [0.29, 0.717) is 26.8 Å². The van der Waals surface area contributed by atoms with Gasteiger partial charge in [0.1, 0.15) is 10.1 Å². The predicted molar refractivity (Wildman–Crippen MR) is 97.4 cm³/mol. The van der Waals surface area contributed by atoms with E-state index in [2.05, 4.69) is 21.4 Å². The highest BCUT2D eigenvalue weighted by molar-refractivity contribution is 8.22. The van der Waals surface area contributed by atoms with Crippen LogP contribution in [-0.4, -0.2) is 14.3 Å². The summed E-state index contributed by atoms with van der Waals surface area (Å²) in [7, 11) is 0. The first kappa shape index (κ1) is 15.2. The molecule has 0 spiro atoms. The predicted octanol–water partition coefficient (Wildman–Crippen LogP) is 3.29. The molecule has 4 nitrogen and oxygen atoms in total. The molecule has 22 heavy (non-hydrogen) atoms. The maximum atomic E-state index is 12.0. The normalized spacial score (nSPS) is 10.7. The van der Waals surface area contributed by atoms with Crippen LogP contribution in [0.4, 0.5) is 0 Å². The second-order valence-electron chi connectivity index (χ2n) is 4.54. The molecule has 0 radical (unpaired) electrons. The molecule has 0 aliphatic heterocycles. The monoisotopic (exact) mass is 347 g/mol. The molecule has 0 amide bonds. The number of aromatic nitrogens is 2. The number of thiophene rings is 1. The molecule has 0 atom stereocenters. The lowest BCUT2D eigenvalue weighted by atomic mass is 10.2. The Morgan fingerprint density at radius 2 is 2.18 bits per heavy atom. The average molecular weight is 347 g/mol. The minimum atomic E-state index is -0.112. The van der Waals surface area contributed by atoms with Crippen LogP contribution in [0, 0.1) is 0 Å². The summed E-state index contributed by atoms with van der Waals surface area (Å²) in [5, 5.41) is 5.84. The minimum absolute atomic E-state index is 0.112. The van der Waals surface area contributed by atoms with E-state index in [1.807, 2.05) is 29.6 Å². The van der Waals surface area contributed by atoms with Crippen molar-refractivity contribution in [1.29, 1.82) is 0 Å². The Morgan fingerprint density at radius 1 is 1.32 bits per heavy atom. The van der Waals surface area contributed by atoms with Crippen LogP contribution >= 0.6 is 35.3 Å². The van der Waals surface area contributed by atoms with Gasteiger partial charge in [0.15, 0.2) is 0 Å². The third-order valence-electron chi connectivity index (χ3n) is 2.99. The van der Waals surface area contributed by atoms with Gasteiger partial charge in [0, 0.05) is 4.88 Å². The molecular formula is C15H13N3OS3. The van der Waals surface area contributed by atoms with Gasteiger partial charge in [0.25, 0.3) is 5.56 Å². The Labute approximate surface area is 141 Å². The largest absolute Gasteiger partial charge is 0.366 e. The summed E-state index contributed by atoms with van der Waals surface area (Å²) in [5.74, 6) is 1.17. The summed E-state index contributed by atoms with van der Waals surface area (Å²) >= 11 is 8.44. The van der Waals surface area contributed by atoms with Gasteiger partial charge in [0.2, 0.25) is 0 Å². The lowest BCUT2D eigenvalue weighted by molar-refractivity contribution is 0.961. The van der Waals surface area contributed by atoms with Crippen molar-refractivity contribution >= 4 is 50.5 Å². The molecule has 3 rings (SSSR count). The number of nitrogens with one attached hydrogen (secondary N) is 2. The molecule has 3 aromatic rings. The van der Waals surface area contributed by atoms with Gasteiger partial charge in [-0.15, -0.1) is 11.3 Å². The highest BCUT2D eigenvalue weighted by atomic mass is 32.2. The first-order valence-corrected chi connectivity index (χ1v) is 8.90. The standard InChI is InChI=1S/C15H13N3OS3/c19-14-11-5-1-2-6-12(11)17-13(18-14)9-22-15(20)16-8-10-4-3-7-21-10/h1-7H,8-9H2,(H,16,20)(H,17,18,19). The second-order valence-corrected chi connectivity index (χ2v) is 7.22. The number of H-pyrrole nitrogens is 1. The zero-order valence-electron chi connectivity index (χ0n) is 11.5. The van der Waals surface area contributed by atoms with Crippen molar-refractivity contribution in [3.8, 4) is 0 Å². The molecule has 2 aromatic heterocycles. The van der Waals surface area contributed by atoms with Gasteiger partial charge in [-0.3, -0.25) is 4.79 Å². The Morgan fingerprint density at radius 3 is 3.00 bits per heavy atom. The van der Waals surface area contributed by atoms with E-state index in [9.17, 15) is 4.79 Å². The summed E-state index contributed by atoms with van der Waals surface area (Å²) in [5.41, 5.74) is 0.595. The molecule has 2 heterocycles. The molecule has 112 valence electrons. The zero-order valence-corrected chi connectivity index (χ0v) is 14.0. The molecule has 0 aliphatic carbocycles. The minimum Gasteiger partial charge on any atom is -0.366 e. The van der Waals surface area contributed by atoms with Crippen molar-refractivity contribution in [2.45, 2.75) is 12.3 Å². The molecule has 0 aliphatic rings. The fourth-order valence-corrected chi connectivity index (χ4v) is 3.43. The fourth-order valence-electron chi connectivity index (χ4n) is 1.96. The lowest BCUT2D eigenvalue weighted by Crippen LogP contribution is -2.18. The van der Waals surface area contributed by atoms with Crippen molar-refractivity contribution in [2.24, 2.45) is 0 Å². The molecule has 0 fully saturated rings. The lowest BCUT2D eigenvalue weighted by Gasteiger charge is -2.06. The number of hydrogen-bond acceptors (Lipinski definition) is 5. The van der Waals surface area contributed by atoms with Gasteiger partial charge < -0.3 is 10.3 Å². The van der Waals surface area contributed by atoms with Gasteiger partial charge in [0.05, 0.1) is 23.2 Å². The van der Waals surface area contributed by atoms with E-state index in [0.717, 1.165) is 6.54 Å². The highest BCUT2D eigenvalue weighted by Gasteiger charge is 2.05. The topological polar surface area (TPSA) is 57.8 Å². The van der Waals surface area contributed by atoms with Crippen LogP contribution in [0.25, 0.3) is 10.9 Å². The van der Waals surface area contributed by atoms with Gasteiger partial charge in [-0.1, -0.05) is 42.2 Å². The van der Waals surface area contributed by atoms with E-state index in [1.165, 1.54) is 16.6 Å². The van der Waals surface area contributed by atoms with Crippen molar-refractivity contribution in [2.75, 3.05) is 0 Å². The molecule has 1 aromatic carbocycles. The number of benzene rings is 1. The summed E-state index contributed by atoms with van der Waals surface area (Å²) in [4.78, 5) is 20.5. The molecule has 7 heteroatoms. The summed E-state index contributed by atoms with van der Waals surface area (Å²) in [6.07, 6.45) is 0. The number of para-hydroxylation sites is 1. The summed E-state index contributed by atoms with van der Waals surface area (Å²) < 4.78 is 0.698. The van der Waals surface area contributed by atoms with Gasteiger partial charge in [-0.05, 0) is 23.6 Å². The smallest absolute Gasteiger partial charge is 0.258 e. The number of hydrogen-bond donors (Lipinski definition) is 2. The molecule has 2 N–H and O–H groups in total. The third kappa shape index (κ3) is 3.73. The SMILES string of the molecule is O=c1[nH]c(CSC(=S)NCc2cccs2)nc2ccccc12. The van der Waals surface area contributed by atoms with Crippen LogP contribution in [0.2, 0.25) is 0 Å². The van der Waals surface area contributed by atoms with Crippen molar-refractivity contribution < 1.29 is 0 Å². The van der Waals surface area contributed by atoms with Crippen molar-refractivity contribution in [3.05, 3.63) is 62.8 Å². The number of thiocarbonyl (C=S) groups is 1. The van der Waals surface area contributed by atoms with Crippen LogP contribution < -0.4 is 10.9 Å². The van der Waals surface area contributed by atoms with Crippen LogP contribution in [-0.2, 0) is 12.3 Å². The average Bonchev–Trinajstić information content (AvgIpc) is 3.04. The molecular weight excluding hydrogens is 334 g/mol. The Hall–Kier alpha value is -1.70. The van der Waals surface area contributed by atoms with E-state index in [1.54, 1.807) is 17.4 Å². The van der Waals surface area contributed by atoms with Crippen LogP contribution in [0.15, 0.2) is 46.6 Å². The number of thioether (sulfide) groups is 1. The molecule has 0 bridgehead atoms. The van der Waals surface area contributed by atoms with Crippen LogP contribution in [0.5, 0.6) is 0 Å². The number of fused-ring (bicyclic) bond motifs is 1. The Kier molecular flexibility index (Phi) is 4.87. The number of aromatic amines is 1. The van der Waals surface area contributed by atoms with E-state index >= 15 is 0 Å². The Bertz CT molecular complexity index is 843. The maximum absolute atomic E-state index is 12.0. The Balaban J connectivity index is 1.61. The van der Waals surface area contributed by atoms with E-state index < -0.39 is 0 Å². The molecule has 0 saturated carbocycles. The second kappa shape index (κ2) is 7.04. The quantitative estimate of drug-likeness (QED) is 0.709. The first-order chi connectivity index (χ1) is 10.7. The van der Waals surface area contributed by atoms with Crippen LogP contribution in [0.1, 0.15) is 10.7 Å². The number of nitrogens with zero attached hydrogens (tertiary/aromatic N) is 1. The highest BCUT2D eigenvalue weighted by Crippen LogP contribution is 2.13. The maximum Gasteiger partial charge on any atom is 0.258 e. The van der Waals surface area contributed by atoms with Gasteiger partial charge >= 0.3 is 0 Å². The molecule has 0 unspecified atom stereocenters. The fraction of sp³-hybridized carbons (Fsp3) is 0.133. The first-order valence-electron chi connectivity index (χ1n) is 6.63. The molecule has 0 saturated heterocycles. The van der Waals surface area contributed by atoms with Gasteiger partial charge in [-0.25, -0.2) is 4.98 Å². The van der Waals surface area contributed by atoms with Crippen molar-refractivity contribution in [1.82, 2.24) is 15.3 Å². The summed E-state index contributed by atoms with van der Waals surface area (Å²) in [6.45, 7) is 0.727. The van der Waals surface area contributed by atoms with E-state index in [4.69, 9.17) is 12.2 Å². The number of rotatable bonds is 4.